The lowest BCUT2D eigenvalue weighted by atomic mass is 9.62. The molecule has 0 aromatic heterocycles. The van der Waals surface area contributed by atoms with E-state index in [9.17, 15) is 4.79 Å². The summed E-state index contributed by atoms with van der Waals surface area (Å²) >= 11 is 0. The van der Waals surface area contributed by atoms with Gasteiger partial charge in [-0.3, -0.25) is 0 Å². The second kappa shape index (κ2) is 3.31. The minimum atomic E-state index is 0.0453. The monoisotopic (exact) mass is 210 g/mol. The molecule has 2 bridgehead atoms. The molecule has 0 radical (unpaired) electrons. The van der Waals surface area contributed by atoms with Crippen LogP contribution in [-0.4, -0.2) is 17.5 Å². The molecule has 0 aliphatic carbocycles. The van der Waals surface area contributed by atoms with Gasteiger partial charge in [-0.1, -0.05) is 13.8 Å². The van der Waals surface area contributed by atoms with Gasteiger partial charge in [-0.2, -0.15) is 0 Å². The fraction of sp³-hybridized carbons (Fsp3) is 0.923. The van der Waals surface area contributed by atoms with E-state index < -0.39 is 0 Å². The van der Waals surface area contributed by atoms with E-state index in [4.69, 9.17) is 4.74 Å². The van der Waals surface area contributed by atoms with Gasteiger partial charge in [0.05, 0.1) is 11.7 Å². The van der Waals surface area contributed by atoms with Crippen molar-refractivity contribution in [2.24, 2.45) is 11.3 Å². The number of Topliss-reactive ketones (excluding diaryl/α,β-unsaturated/α-hetero) is 1. The maximum Gasteiger partial charge on any atom is 0.129 e. The molecule has 2 aliphatic rings. The largest absolute Gasteiger partial charge is 0.371 e. The van der Waals surface area contributed by atoms with Crippen LogP contribution in [0.3, 0.4) is 0 Å². The number of rotatable bonds is 3. The number of ether oxygens (including phenoxy) is 1. The number of carbonyl (C=O) groups excluding carboxylic acids is 1. The smallest absolute Gasteiger partial charge is 0.129 e. The van der Waals surface area contributed by atoms with Crippen molar-refractivity contribution < 1.29 is 9.53 Å². The Morgan fingerprint density at radius 3 is 2.53 bits per heavy atom. The predicted molar refractivity (Wildman–Crippen MR) is 59.7 cm³/mol. The van der Waals surface area contributed by atoms with E-state index in [2.05, 4.69) is 20.8 Å². The minimum absolute atomic E-state index is 0.0453. The molecule has 86 valence electrons. The third-order valence-corrected chi connectivity index (χ3v) is 4.56. The van der Waals surface area contributed by atoms with Gasteiger partial charge in [-0.15, -0.1) is 0 Å². The number of fused-ring (bicyclic) bond motifs is 2. The Morgan fingerprint density at radius 1 is 1.40 bits per heavy atom. The topological polar surface area (TPSA) is 26.3 Å². The van der Waals surface area contributed by atoms with Crippen molar-refractivity contribution in [2.75, 3.05) is 0 Å². The highest BCUT2D eigenvalue weighted by Gasteiger charge is 2.60. The Kier molecular flexibility index (Phi) is 2.45. The molecule has 0 spiro atoms. The average Bonchev–Trinajstić information content (AvgIpc) is 2.54. The van der Waals surface area contributed by atoms with Gasteiger partial charge in [-0.05, 0) is 44.4 Å². The third kappa shape index (κ3) is 1.63. The van der Waals surface area contributed by atoms with Crippen molar-refractivity contribution >= 4 is 5.78 Å². The Labute approximate surface area is 92.4 Å². The fourth-order valence-electron chi connectivity index (χ4n) is 3.68. The molecular weight excluding hydrogens is 188 g/mol. The molecule has 0 aromatic carbocycles. The van der Waals surface area contributed by atoms with E-state index in [1.165, 1.54) is 12.8 Å². The zero-order chi connectivity index (χ0) is 11.3. The summed E-state index contributed by atoms with van der Waals surface area (Å²) in [7, 11) is 0. The highest BCUT2D eigenvalue weighted by molar-refractivity contribution is 5.75. The lowest BCUT2D eigenvalue weighted by Gasteiger charge is -2.39. The van der Waals surface area contributed by atoms with Crippen LogP contribution in [0.4, 0.5) is 0 Å². The van der Waals surface area contributed by atoms with Crippen molar-refractivity contribution in [2.45, 2.75) is 65.1 Å². The van der Waals surface area contributed by atoms with Crippen LogP contribution in [0.15, 0.2) is 0 Å². The van der Waals surface area contributed by atoms with E-state index >= 15 is 0 Å². The van der Waals surface area contributed by atoms with Gasteiger partial charge in [0, 0.05) is 6.42 Å². The van der Waals surface area contributed by atoms with E-state index in [1.54, 1.807) is 6.92 Å². The van der Waals surface area contributed by atoms with Crippen LogP contribution in [0, 0.1) is 11.3 Å². The molecular formula is C13H22O2. The average molecular weight is 210 g/mol. The predicted octanol–water partition coefficient (Wildman–Crippen LogP) is 2.95. The van der Waals surface area contributed by atoms with Crippen molar-refractivity contribution in [3.63, 3.8) is 0 Å². The van der Waals surface area contributed by atoms with E-state index in [-0.39, 0.29) is 11.0 Å². The van der Waals surface area contributed by atoms with Gasteiger partial charge in [0.15, 0.2) is 0 Å². The Balaban J connectivity index is 2.12. The minimum Gasteiger partial charge on any atom is -0.371 e. The lowest BCUT2D eigenvalue weighted by Crippen LogP contribution is -2.40. The molecule has 2 aliphatic heterocycles. The van der Waals surface area contributed by atoms with Gasteiger partial charge in [0.1, 0.15) is 5.78 Å². The van der Waals surface area contributed by atoms with Crippen LogP contribution >= 0.6 is 0 Å². The van der Waals surface area contributed by atoms with Crippen LogP contribution < -0.4 is 0 Å². The second-order valence-corrected chi connectivity index (χ2v) is 6.07. The zero-order valence-electron chi connectivity index (χ0n) is 10.3. The summed E-state index contributed by atoms with van der Waals surface area (Å²) in [6.07, 6.45) is 4.48. The zero-order valence-corrected chi connectivity index (χ0v) is 10.3. The highest BCUT2D eigenvalue weighted by atomic mass is 16.5. The third-order valence-electron chi connectivity index (χ3n) is 4.56. The maximum atomic E-state index is 11.1. The summed E-state index contributed by atoms with van der Waals surface area (Å²) in [6, 6.07) is 0. The SMILES string of the molecule is CC(=O)CC[C@H]1C(C)(C)[C@@H]2CC[C@@]1(C)O2. The number of hydrogen-bond acceptors (Lipinski definition) is 2. The Bertz CT molecular complexity index is 278. The first-order valence-corrected chi connectivity index (χ1v) is 6.03. The molecule has 2 nitrogen and oxygen atoms in total. The molecule has 3 atom stereocenters. The molecule has 0 aromatic rings. The second-order valence-electron chi connectivity index (χ2n) is 6.07. The Hall–Kier alpha value is -0.370. The number of ketones is 1. The van der Waals surface area contributed by atoms with Gasteiger partial charge in [0.2, 0.25) is 0 Å². The molecule has 0 N–H and O–H groups in total. The number of carbonyl (C=O) groups is 1. The van der Waals surface area contributed by atoms with Crippen LogP contribution in [0.25, 0.3) is 0 Å². The summed E-state index contributed by atoms with van der Waals surface area (Å²) in [5.74, 6) is 0.852. The van der Waals surface area contributed by atoms with Crippen molar-refractivity contribution in [1.82, 2.24) is 0 Å². The first kappa shape index (κ1) is 11.1. The fourth-order valence-corrected chi connectivity index (χ4v) is 3.68. The molecule has 0 amide bonds. The lowest BCUT2D eigenvalue weighted by molar-refractivity contribution is -0.117. The Morgan fingerprint density at radius 2 is 2.07 bits per heavy atom. The first-order valence-electron chi connectivity index (χ1n) is 6.03. The molecule has 2 heteroatoms. The van der Waals surface area contributed by atoms with Crippen LogP contribution in [0.1, 0.15) is 53.4 Å². The summed E-state index contributed by atoms with van der Waals surface area (Å²) in [4.78, 5) is 11.1. The van der Waals surface area contributed by atoms with E-state index in [0.717, 1.165) is 6.42 Å². The first-order chi connectivity index (χ1) is 6.86. The normalized spacial score (nSPS) is 42.1. The molecule has 2 rings (SSSR count). The maximum absolute atomic E-state index is 11.1. The van der Waals surface area contributed by atoms with Gasteiger partial charge < -0.3 is 9.53 Å². The summed E-state index contributed by atoms with van der Waals surface area (Å²) in [5.41, 5.74) is 0.298. The van der Waals surface area contributed by atoms with Crippen molar-refractivity contribution in [3.8, 4) is 0 Å². The van der Waals surface area contributed by atoms with Gasteiger partial charge >= 0.3 is 0 Å². The standard InChI is InChI=1S/C13H22O2/c1-9(14)5-6-10-12(2,3)11-7-8-13(10,4)15-11/h10-11H,5-8H2,1-4H3/t10-,11-,13+/m0/s1. The quantitative estimate of drug-likeness (QED) is 0.716. The molecule has 15 heavy (non-hydrogen) atoms. The van der Waals surface area contributed by atoms with E-state index in [1.807, 2.05) is 0 Å². The number of hydrogen-bond donors (Lipinski definition) is 0. The summed E-state index contributed by atoms with van der Waals surface area (Å²) in [6.45, 7) is 8.51. The molecule has 2 saturated heterocycles. The highest BCUT2D eigenvalue weighted by Crippen LogP contribution is 2.58. The summed E-state index contributed by atoms with van der Waals surface area (Å²) < 4.78 is 6.11. The molecule has 0 unspecified atom stereocenters. The van der Waals surface area contributed by atoms with Gasteiger partial charge in [-0.25, -0.2) is 0 Å². The van der Waals surface area contributed by atoms with Crippen LogP contribution in [-0.2, 0) is 9.53 Å². The van der Waals surface area contributed by atoms with Crippen LogP contribution in [0.5, 0.6) is 0 Å². The van der Waals surface area contributed by atoms with Crippen molar-refractivity contribution in [1.29, 1.82) is 0 Å². The molecule has 2 fully saturated rings. The summed E-state index contributed by atoms with van der Waals surface area (Å²) in [5, 5.41) is 0. The molecule has 0 saturated carbocycles. The van der Waals surface area contributed by atoms with Crippen LogP contribution in [0.2, 0.25) is 0 Å². The van der Waals surface area contributed by atoms with E-state index in [0.29, 0.717) is 24.2 Å². The van der Waals surface area contributed by atoms with Crippen molar-refractivity contribution in [3.05, 3.63) is 0 Å². The molecule has 2 heterocycles. The van der Waals surface area contributed by atoms with Gasteiger partial charge in [0.25, 0.3) is 0 Å².